The van der Waals surface area contributed by atoms with Crippen LogP contribution in [0.2, 0.25) is 0 Å². The van der Waals surface area contributed by atoms with E-state index in [4.69, 9.17) is 4.98 Å². The van der Waals surface area contributed by atoms with Crippen molar-refractivity contribution in [1.29, 1.82) is 0 Å². The van der Waals surface area contributed by atoms with Gasteiger partial charge in [-0.15, -0.1) is 0 Å². The summed E-state index contributed by atoms with van der Waals surface area (Å²) in [4.78, 5) is 7.92. The Labute approximate surface area is 270 Å². The van der Waals surface area contributed by atoms with Gasteiger partial charge in [0.25, 0.3) is 0 Å². The van der Waals surface area contributed by atoms with E-state index in [1.807, 2.05) is 11.8 Å². The van der Waals surface area contributed by atoms with Gasteiger partial charge in [-0.1, -0.05) is 145 Å². The first-order chi connectivity index (χ1) is 22.8. The molecule has 0 spiro atoms. The number of rotatable bonds is 2. The Bertz CT molecular complexity index is 2680. The molecule has 3 heterocycles. The molecule has 0 radical (unpaired) electrons. The van der Waals surface area contributed by atoms with Gasteiger partial charge in [-0.25, -0.2) is 4.98 Å². The Hall–Kier alpha value is -5.64. The van der Waals surface area contributed by atoms with Crippen molar-refractivity contribution < 1.29 is 0 Å². The normalized spacial score (nSPS) is 12.3. The van der Waals surface area contributed by atoms with Gasteiger partial charge >= 0.3 is 0 Å². The molecule has 0 aliphatic carbocycles. The van der Waals surface area contributed by atoms with E-state index in [9.17, 15) is 0 Å². The molecule has 0 saturated carbocycles. The number of benzene rings is 7. The van der Waals surface area contributed by atoms with E-state index >= 15 is 0 Å². The maximum atomic E-state index is 5.40. The molecule has 0 bridgehead atoms. The molecule has 9 aromatic rings. The summed E-state index contributed by atoms with van der Waals surface area (Å²) in [6.07, 6.45) is 0. The third kappa shape index (κ3) is 3.70. The van der Waals surface area contributed by atoms with Crippen molar-refractivity contribution in [1.82, 2.24) is 9.55 Å². The molecule has 0 N–H and O–H groups in total. The van der Waals surface area contributed by atoms with Crippen LogP contribution in [-0.2, 0) is 0 Å². The zero-order valence-corrected chi connectivity index (χ0v) is 25.6. The number of aromatic nitrogens is 2. The summed E-state index contributed by atoms with van der Waals surface area (Å²) < 4.78 is 2.41. The lowest BCUT2D eigenvalue weighted by Crippen LogP contribution is -2.01. The third-order valence-corrected chi connectivity index (χ3v) is 10.6. The summed E-state index contributed by atoms with van der Waals surface area (Å²) in [5.41, 5.74) is 10.8. The molecule has 0 unspecified atom stereocenters. The lowest BCUT2D eigenvalue weighted by Gasteiger charge is -2.16. The SMILES string of the molecule is c1ccc2c(c1)Sc1c(ccc3c4ccccc4n(-c4cc(-c5cccc6ccccc56)c5ccccc5n4)c13)-c1ccccc1-2. The van der Waals surface area contributed by atoms with Crippen LogP contribution in [0.3, 0.4) is 0 Å². The van der Waals surface area contributed by atoms with Crippen molar-refractivity contribution in [3.05, 3.63) is 158 Å². The summed E-state index contributed by atoms with van der Waals surface area (Å²) in [6, 6.07) is 57.1. The van der Waals surface area contributed by atoms with Crippen molar-refractivity contribution >= 4 is 55.2 Å². The van der Waals surface area contributed by atoms with E-state index in [2.05, 4.69) is 162 Å². The fraction of sp³-hybridized carbons (Fsp3) is 0. The zero-order valence-electron chi connectivity index (χ0n) is 24.8. The van der Waals surface area contributed by atoms with Crippen LogP contribution in [0.4, 0.5) is 0 Å². The molecular formula is C43H26N2S. The van der Waals surface area contributed by atoms with Gasteiger partial charge < -0.3 is 0 Å². The predicted molar refractivity (Wildman–Crippen MR) is 194 cm³/mol. The minimum Gasteiger partial charge on any atom is -0.293 e. The van der Waals surface area contributed by atoms with Crippen LogP contribution in [-0.4, -0.2) is 9.55 Å². The van der Waals surface area contributed by atoms with E-state index < -0.39 is 0 Å². The Morgan fingerprint density at radius 3 is 1.98 bits per heavy atom. The van der Waals surface area contributed by atoms with Crippen LogP contribution < -0.4 is 0 Å². The van der Waals surface area contributed by atoms with Crippen molar-refractivity contribution in [2.45, 2.75) is 9.79 Å². The molecule has 7 aromatic carbocycles. The summed E-state index contributed by atoms with van der Waals surface area (Å²) >= 11 is 1.87. The quantitative estimate of drug-likeness (QED) is 0.196. The molecule has 1 aliphatic heterocycles. The van der Waals surface area contributed by atoms with Gasteiger partial charge in [0, 0.05) is 25.9 Å². The van der Waals surface area contributed by atoms with E-state index in [0.29, 0.717) is 0 Å². The molecule has 10 rings (SSSR count). The van der Waals surface area contributed by atoms with Crippen LogP contribution in [0, 0.1) is 0 Å². The predicted octanol–water partition coefficient (Wildman–Crippen LogP) is 12.0. The molecule has 0 fully saturated rings. The maximum absolute atomic E-state index is 5.40. The molecule has 214 valence electrons. The van der Waals surface area contributed by atoms with Crippen molar-refractivity contribution in [3.63, 3.8) is 0 Å². The number of hydrogen-bond donors (Lipinski definition) is 0. The van der Waals surface area contributed by atoms with Gasteiger partial charge in [-0.05, 0) is 68.4 Å². The second kappa shape index (κ2) is 9.93. The zero-order chi connectivity index (χ0) is 30.2. The first-order valence-electron chi connectivity index (χ1n) is 15.6. The van der Waals surface area contributed by atoms with Gasteiger partial charge in [0.2, 0.25) is 0 Å². The highest BCUT2D eigenvalue weighted by atomic mass is 32.2. The minimum absolute atomic E-state index is 0.924. The van der Waals surface area contributed by atoms with Crippen molar-refractivity contribution in [3.8, 4) is 39.2 Å². The summed E-state index contributed by atoms with van der Waals surface area (Å²) in [7, 11) is 0. The van der Waals surface area contributed by atoms with Gasteiger partial charge in [-0.3, -0.25) is 4.57 Å². The number of hydrogen-bond acceptors (Lipinski definition) is 2. The average Bonchev–Trinajstić information content (AvgIpc) is 3.38. The number of pyridine rings is 1. The van der Waals surface area contributed by atoms with E-state index in [0.717, 1.165) is 22.2 Å². The van der Waals surface area contributed by atoms with Crippen LogP contribution in [0.1, 0.15) is 0 Å². The van der Waals surface area contributed by atoms with E-state index in [1.54, 1.807) is 0 Å². The van der Waals surface area contributed by atoms with Crippen LogP contribution in [0.5, 0.6) is 0 Å². The van der Waals surface area contributed by atoms with Gasteiger partial charge in [0.15, 0.2) is 0 Å². The standard InChI is InChI=1S/C43H26N2S/c1-2-14-28-27(12-1)13-11-20-29(28)37-26-41(44-38-21-8-5-17-32(37)38)45-39-22-9-6-18-33(39)35-24-25-36-31-16-4-3-15-30(31)34-19-7-10-23-40(34)46-43(36)42(35)45/h1-26H. The molecule has 1 aliphatic rings. The molecule has 46 heavy (non-hydrogen) atoms. The topological polar surface area (TPSA) is 17.8 Å². The Balaban J connectivity index is 1.35. The highest BCUT2D eigenvalue weighted by Crippen LogP contribution is 2.52. The fourth-order valence-corrected chi connectivity index (χ4v) is 8.62. The largest absolute Gasteiger partial charge is 0.293 e. The van der Waals surface area contributed by atoms with Gasteiger partial charge in [0.05, 0.1) is 16.6 Å². The number of para-hydroxylation sites is 2. The van der Waals surface area contributed by atoms with Crippen LogP contribution in [0.15, 0.2) is 168 Å². The van der Waals surface area contributed by atoms with E-state index in [1.165, 1.54) is 70.2 Å². The third-order valence-electron chi connectivity index (χ3n) is 9.41. The smallest absolute Gasteiger partial charge is 0.138 e. The molecule has 2 aromatic heterocycles. The maximum Gasteiger partial charge on any atom is 0.138 e. The Morgan fingerprint density at radius 2 is 1.09 bits per heavy atom. The first-order valence-corrected chi connectivity index (χ1v) is 16.5. The lowest BCUT2D eigenvalue weighted by molar-refractivity contribution is 1.09. The minimum atomic E-state index is 0.924. The van der Waals surface area contributed by atoms with Crippen molar-refractivity contribution in [2.24, 2.45) is 0 Å². The van der Waals surface area contributed by atoms with Crippen LogP contribution in [0.25, 0.3) is 82.7 Å². The molecule has 2 nitrogen and oxygen atoms in total. The highest BCUT2D eigenvalue weighted by Gasteiger charge is 2.25. The second-order valence-corrected chi connectivity index (χ2v) is 13.0. The van der Waals surface area contributed by atoms with Crippen molar-refractivity contribution in [2.75, 3.05) is 0 Å². The molecular weight excluding hydrogens is 577 g/mol. The lowest BCUT2D eigenvalue weighted by atomic mass is 9.94. The number of fused-ring (bicyclic) bond motifs is 11. The van der Waals surface area contributed by atoms with Gasteiger partial charge in [0.1, 0.15) is 5.82 Å². The summed E-state index contributed by atoms with van der Waals surface area (Å²) in [5.74, 6) is 0.924. The second-order valence-electron chi connectivity index (χ2n) is 11.9. The van der Waals surface area contributed by atoms with E-state index in [-0.39, 0.29) is 0 Å². The monoisotopic (exact) mass is 602 g/mol. The van der Waals surface area contributed by atoms with Crippen LogP contribution >= 0.6 is 11.8 Å². The highest BCUT2D eigenvalue weighted by molar-refractivity contribution is 7.99. The molecule has 0 atom stereocenters. The number of nitrogens with zero attached hydrogens (tertiary/aromatic N) is 2. The molecule has 3 heteroatoms. The summed E-state index contributed by atoms with van der Waals surface area (Å²) in [6.45, 7) is 0. The fourth-order valence-electron chi connectivity index (χ4n) is 7.38. The first kappa shape index (κ1) is 25.7. The molecule has 0 amide bonds. The Kier molecular flexibility index (Phi) is 5.54. The summed E-state index contributed by atoms with van der Waals surface area (Å²) in [5, 5.41) is 6.10. The molecule has 0 saturated heterocycles. The Morgan fingerprint density at radius 1 is 0.435 bits per heavy atom. The average molecular weight is 603 g/mol. The van der Waals surface area contributed by atoms with Gasteiger partial charge in [-0.2, -0.15) is 0 Å².